The lowest BCUT2D eigenvalue weighted by molar-refractivity contribution is 0.156. The van der Waals surface area contributed by atoms with Crippen molar-refractivity contribution in [2.24, 2.45) is 4.99 Å². The van der Waals surface area contributed by atoms with E-state index < -0.39 is 0 Å². The average Bonchev–Trinajstić information content (AvgIpc) is 2.41. The molecule has 2 fully saturated rings. The molecule has 0 heterocycles. The van der Waals surface area contributed by atoms with Crippen LogP contribution in [0.4, 0.5) is 0 Å². The van der Waals surface area contributed by atoms with Crippen LogP contribution in [0.2, 0.25) is 0 Å². The predicted octanol–water partition coefficient (Wildman–Crippen LogP) is 4.00. The van der Waals surface area contributed by atoms with Gasteiger partial charge in [0.1, 0.15) is 0 Å². The lowest BCUT2D eigenvalue weighted by Crippen LogP contribution is -2.47. The monoisotopic (exact) mass is 236 g/mol. The molecule has 0 bridgehead atoms. The average molecular weight is 236 g/mol. The third kappa shape index (κ3) is 3.23. The van der Waals surface area contributed by atoms with Crippen molar-refractivity contribution in [3.63, 3.8) is 0 Å². The highest BCUT2D eigenvalue weighted by Gasteiger charge is 2.29. The van der Waals surface area contributed by atoms with Crippen molar-refractivity contribution in [3.8, 4) is 0 Å². The molecule has 2 rings (SSSR count). The highest BCUT2D eigenvalue weighted by atomic mass is 15.2. The van der Waals surface area contributed by atoms with Crippen molar-refractivity contribution in [2.45, 2.75) is 83.2 Å². The Morgan fingerprint density at radius 1 is 0.824 bits per heavy atom. The van der Waals surface area contributed by atoms with Gasteiger partial charge in [-0.1, -0.05) is 38.5 Å². The number of rotatable bonds is 2. The Bertz CT molecular complexity index is 230. The molecule has 2 saturated carbocycles. The minimum absolute atomic E-state index is 0.788. The van der Waals surface area contributed by atoms with E-state index in [4.69, 9.17) is 0 Å². The fourth-order valence-corrected chi connectivity index (χ4v) is 3.66. The van der Waals surface area contributed by atoms with Crippen LogP contribution in [0, 0.1) is 0 Å². The molecule has 2 heteroatoms. The fraction of sp³-hybridized carbons (Fsp3) is 0.933. The number of amidine groups is 1. The van der Waals surface area contributed by atoms with Crippen LogP contribution in [0.1, 0.15) is 71.1 Å². The summed E-state index contributed by atoms with van der Waals surface area (Å²) in [7, 11) is 1.95. The molecule has 0 saturated heterocycles. The van der Waals surface area contributed by atoms with Crippen molar-refractivity contribution in [1.29, 1.82) is 0 Å². The number of hydrogen-bond donors (Lipinski definition) is 0. The van der Waals surface area contributed by atoms with Crippen molar-refractivity contribution in [1.82, 2.24) is 4.90 Å². The van der Waals surface area contributed by atoms with Crippen LogP contribution in [0.25, 0.3) is 0 Å². The molecule has 2 nitrogen and oxygen atoms in total. The zero-order valence-electron chi connectivity index (χ0n) is 11.6. The summed E-state index contributed by atoms with van der Waals surface area (Å²) in [5.74, 6) is 1.28. The van der Waals surface area contributed by atoms with E-state index in [0.29, 0.717) is 0 Å². The summed E-state index contributed by atoms with van der Waals surface area (Å²) in [6, 6.07) is 1.58. The maximum Gasteiger partial charge on any atom is 0.0959 e. The van der Waals surface area contributed by atoms with Gasteiger partial charge in [-0.05, 0) is 32.6 Å². The van der Waals surface area contributed by atoms with E-state index in [2.05, 4.69) is 16.8 Å². The molecule has 2 aliphatic carbocycles. The van der Waals surface area contributed by atoms with Gasteiger partial charge in [-0.3, -0.25) is 4.99 Å². The van der Waals surface area contributed by atoms with E-state index in [9.17, 15) is 0 Å². The minimum atomic E-state index is 0.788. The smallest absolute Gasteiger partial charge is 0.0959 e. The van der Waals surface area contributed by atoms with Crippen LogP contribution < -0.4 is 0 Å². The van der Waals surface area contributed by atoms with Gasteiger partial charge in [-0.15, -0.1) is 0 Å². The Morgan fingerprint density at radius 3 is 1.59 bits per heavy atom. The van der Waals surface area contributed by atoms with Crippen molar-refractivity contribution < 1.29 is 0 Å². The Kier molecular flexibility index (Phi) is 4.87. The molecule has 0 aromatic carbocycles. The van der Waals surface area contributed by atoms with Crippen LogP contribution in [-0.2, 0) is 0 Å². The lowest BCUT2D eigenvalue weighted by atomic mass is 9.88. The van der Waals surface area contributed by atoms with Gasteiger partial charge in [0, 0.05) is 19.1 Å². The van der Waals surface area contributed by atoms with Gasteiger partial charge >= 0.3 is 0 Å². The zero-order valence-corrected chi connectivity index (χ0v) is 11.6. The van der Waals surface area contributed by atoms with Gasteiger partial charge in [-0.25, -0.2) is 0 Å². The third-order valence-electron chi connectivity index (χ3n) is 4.63. The van der Waals surface area contributed by atoms with Gasteiger partial charge in [0.2, 0.25) is 0 Å². The van der Waals surface area contributed by atoms with E-state index in [-0.39, 0.29) is 0 Å². The van der Waals surface area contributed by atoms with E-state index in [0.717, 1.165) is 12.1 Å². The summed E-state index contributed by atoms with van der Waals surface area (Å²) >= 11 is 0. The molecular formula is C15H28N2. The first kappa shape index (κ1) is 12.9. The molecule has 17 heavy (non-hydrogen) atoms. The normalized spacial score (nSPS) is 24.9. The van der Waals surface area contributed by atoms with Gasteiger partial charge < -0.3 is 4.90 Å². The standard InChI is InChI=1S/C15H28N2/c1-13(16-2)17(14-9-5-3-6-10-14)15-11-7-4-8-12-15/h14-15H,3-12H2,1-2H3/b16-13+. The van der Waals surface area contributed by atoms with Crippen molar-refractivity contribution in [3.05, 3.63) is 0 Å². The molecule has 2 aliphatic rings. The topological polar surface area (TPSA) is 15.6 Å². The molecule has 0 aromatic rings. The number of nitrogens with zero attached hydrogens (tertiary/aromatic N) is 2. The number of aliphatic imine (C=N–C) groups is 1. The SMILES string of the molecule is C/N=C(\C)N(C1CCCCC1)C1CCCCC1. The molecule has 0 N–H and O–H groups in total. The largest absolute Gasteiger partial charge is 0.355 e. The third-order valence-corrected chi connectivity index (χ3v) is 4.63. The van der Waals surface area contributed by atoms with E-state index in [1.165, 1.54) is 70.0 Å². The van der Waals surface area contributed by atoms with Crippen LogP contribution in [0.5, 0.6) is 0 Å². The maximum atomic E-state index is 4.48. The van der Waals surface area contributed by atoms with Gasteiger partial charge in [0.05, 0.1) is 5.84 Å². The number of hydrogen-bond acceptors (Lipinski definition) is 1. The summed E-state index contributed by atoms with van der Waals surface area (Å²) < 4.78 is 0. The predicted molar refractivity (Wildman–Crippen MR) is 74.6 cm³/mol. The minimum Gasteiger partial charge on any atom is -0.355 e. The first-order valence-corrected chi connectivity index (χ1v) is 7.54. The summed E-state index contributed by atoms with van der Waals surface area (Å²) in [6.45, 7) is 2.21. The molecule has 98 valence electrons. The molecular weight excluding hydrogens is 208 g/mol. The van der Waals surface area contributed by atoms with Crippen LogP contribution in [0.3, 0.4) is 0 Å². The second-order valence-electron chi connectivity index (χ2n) is 5.76. The fourth-order valence-electron chi connectivity index (χ4n) is 3.66. The first-order chi connectivity index (χ1) is 8.33. The Labute approximate surface area is 106 Å². The van der Waals surface area contributed by atoms with Crippen LogP contribution in [-0.4, -0.2) is 29.9 Å². The molecule has 0 aromatic heterocycles. The molecule has 0 amide bonds. The highest BCUT2D eigenvalue weighted by Crippen LogP contribution is 2.30. The molecule has 0 unspecified atom stereocenters. The summed E-state index contributed by atoms with van der Waals surface area (Å²) in [5, 5.41) is 0. The Morgan fingerprint density at radius 2 is 1.24 bits per heavy atom. The Balaban J connectivity index is 2.05. The van der Waals surface area contributed by atoms with Gasteiger partial charge in [0.25, 0.3) is 0 Å². The quantitative estimate of drug-likeness (QED) is 0.522. The molecule has 0 atom stereocenters. The van der Waals surface area contributed by atoms with Gasteiger partial charge in [-0.2, -0.15) is 0 Å². The maximum absolute atomic E-state index is 4.48. The summed E-state index contributed by atoms with van der Waals surface area (Å²) in [4.78, 5) is 7.17. The van der Waals surface area contributed by atoms with E-state index in [1.807, 2.05) is 7.05 Å². The molecule has 0 aliphatic heterocycles. The summed E-state index contributed by atoms with van der Waals surface area (Å²) in [6.07, 6.45) is 14.1. The highest BCUT2D eigenvalue weighted by molar-refractivity contribution is 5.80. The van der Waals surface area contributed by atoms with Crippen molar-refractivity contribution >= 4 is 5.84 Å². The zero-order chi connectivity index (χ0) is 12.1. The molecule has 0 radical (unpaired) electrons. The molecule has 0 spiro atoms. The first-order valence-electron chi connectivity index (χ1n) is 7.54. The van der Waals surface area contributed by atoms with Crippen LogP contribution >= 0.6 is 0 Å². The second kappa shape index (κ2) is 6.42. The van der Waals surface area contributed by atoms with Crippen LogP contribution in [0.15, 0.2) is 4.99 Å². The summed E-state index contributed by atoms with van der Waals surface area (Å²) in [5.41, 5.74) is 0. The van der Waals surface area contributed by atoms with E-state index in [1.54, 1.807) is 0 Å². The second-order valence-corrected chi connectivity index (χ2v) is 5.76. The lowest BCUT2D eigenvalue weighted by Gasteiger charge is -2.43. The van der Waals surface area contributed by atoms with Crippen molar-refractivity contribution in [2.75, 3.05) is 7.05 Å². The van der Waals surface area contributed by atoms with E-state index >= 15 is 0 Å². The Hall–Kier alpha value is -0.530. The van der Waals surface area contributed by atoms with Gasteiger partial charge in [0.15, 0.2) is 0 Å².